The van der Waals surface area contributed by atoms with Crippen LogP contribution in [0.2, 0.25) is 0 Å². The quantitative estimate of drug-likeness (QED) is 0.847. The summed E-state index contributed by atoms with van der Waals surface area (Å²) in [6, 6.07) is 8.69. The number of anilines is 1. The summed E-state index contributed by atoms with van der Waals surface area (Å²) in [4.78, 5) is 28.0. The maximum atomic E-state index is 12.9. The number of nitrogens with zero attached hydrogens (tertiary/aromatic N) is 3. The summed E-state index contributed by atoms with van der Waals surface area (Å²) in [6.07, 6.45) is -3.27. The fraction of sp³-hybridized carbons (Fsp3) is 0.450. The Bertz CT molecular complexity index is 924. The number of piperidine rings is 1. The Hall–Kier alpha value is -2.84. The highest BCUT2D eigenvalue weighted by atomic mass is 19.4. The van der Waals surface area contributed by atoms with E-state index in [1.807, 2.05) is 24.3 Å². The van der Waals surface area contributed by atoms with Crippen LogP contribution in [0.25, 0.3) is 0 Å². The lowest BCUT2D eigenvalue weighted by atomic mass is 9.98. The first kappa shape index (κ1) is 19.5. The highest BCUT2D eigenvalue weighted by Gasteiger charge is 2.37. The summed E-state index contributed by atoms with van der Waals surface area (Å²) in [7, 11) is 0. The number of aromatic nitrogens is 2. The molecule has 0 bridgehead atoms. The van der Waals surface area contributed by atoms with E-state index in [4.69, 9.17) is 0 Å². The zero-order chi connectivity index (χ0) is 20.6. The predicted molar refractivity (Wildman–Crippen MR) is 99.4 cm³/mol. The van der Waals surface area contributed by atoms with Gasteiger partial charge in [-0.1, -0.05) is 18.2 Å². The van der Waals surface area contributed by atoms with Crippen molar-refractivity contribution in [3.05, 3.63) is 47.3 Å². The third-order valence-corrected chi connectivity index (χ3v) is 5.48. The largest absolute Gasteiger partial charge is 0.397 e. The van der Waals surface area contributed by atoms with Gasteiger partial charge in [0.25, 0.3) is 5.91 Å². The van der Waals surface area contributed by atoms with Crippen LogP contribution in [0.4, 0.5) is 18.9 Å². The summed E-state index contributed by atoms with van der Waals surface area (Å²) < 4.78 is 38.0. The minimum absolute atomic E-state index is 0.200. The van der Waals surface area contributed by atoms with Crippen LogP contribution in [0.5, 0.6) is 0 Å². The summed E-state index contributed by atoms with van der Waals surface area (Å²) in [5.41, 5.74) is 2.64. The molecule has 1 saturated heterocycles. The van der Waals surface area contributed by atoms with E-state index in [1.165, 1.54) is 4.90 Å². The van der Waals surface area contributed by atoms with Crippen LogP contribution >= 0.6 is 0 Å². The molecule has 2 amide bonds. The first-order chi connectivity index (χ1) is 13.8. The smallest absolute Gasteiger partial charge is 0.334 e. The third-order valence-electron chi connectivity index (χ3n) is 5.48. The van der Waals surface area contributed by atoms with Crippen molar-refractivity contribution in [1.29, 1.82) is 0 Å². The molecule has 29 heavy (non-hydrogen) atoms. The second-order valence-electron chi connectivity index (χ2n) is 7.43. The summed E-state index contributed by atoms with van der Waals surface area (Å²) in [5.74, 6) is -1.21. The number of aromatic amines is 1. The van der Waals surface area contributed by atoms with E-state index in [2.05, 4.69) is 10.2 Å². The number of alkyl halides is 3. The first-order valence-corrected chi connectivity index (χ1v) is 9.65. The lowest BCUT2D eigenvalue weighted by Gasteiger charge is -2.35. The molecule has 6 nitrogen and oxygen atoms in total. The van der Waals surface area contributed by atoms with E-state index in [0.29, 0.717) is 25.1 Å². The van der Waals surface area contributed by atoms with E-state index in [0.717, 1.165) is 24.1 Å². The van der Waals surface area contributed by atoms with Crippen molar-refractivity contribution < 1.29 is 22.8 Å². The lowest BCUT2D eigenvalue weighted by molar-refractivity contribution is -0.164. The molecule has 4 rings (SSSR count). The standard InChI is InChI=1S/C20H21F3N4O2/c21-20(22,23)12-18(28)26-9-4-3-7-17(26)14-11-15(25-24-14)19(29)27-10-8-13-5-1-2-6-16(13)27/h1-2,5-6,11,17H,3-4,7-10,12H2,(H,24,25). The zero-order valence-corrected chi connectivity index (χ0v) is 15.7. The van der Waals surface area contributed by atoms with Gasteiger partial charge in [0.05, 0.1) is 11.7 Å². The fourth-order valence-corrected chi connectivity index (χ4v) is 4.13. The average Bonchev–Trinajstić information content (AvgIpc) is 3.34. The van der Waals surface area contributed by atoms with Crippen LogP contribution in [0.1, 0.15) is 53.5 Å². The molecular formula is C20H21F3N4O2. The molecule has 1 unspecified atom stereocenters. The first-order valence-electron chi connectivity index (χ1n) is 9.65. The van der Waals surface area contributed by atoms with Gasteiger partial charge in [0.15, 0.2) is 5.69 Å². The van der Waals surface area contributed by atoms with Gasteiger partial charge in [-0.3, -0.25) is 14.7 Å². The SMILES string of the molecule is O=C(c1cc(C2CCCCN2C(=O)CC(F)(F)F)[nH]n1)N1CCc2ccccc21. The van der Waals surface area contributed by atoms with Gasteiger partial charge in [0, 0.05) is 18.8 Å². The molecule has 154 valence electrons. The summed E-state index contributed by atoms with van der Waals surface area (Å²) >= 11 is 0. The second kappa shape index (κ2) is 7.53. The molecule has 1 aromatic carbocycles. The minimum atomic E-state index is -4.54. The maximum Gasteiger partial charge on any atom is 0.397 e. The second-order valence-corrected chi connectivity index (χ2v) is 7.43. The molecule has 1 aromatic heterocycles. The highest BCUT2D eigenvalue weighted by Crippen LogP contribution is 2.33. The number of amides is 2. The Morgan fingerprint density at radius 3 is 2.76 bits per heavy atom. The third kappa shape index (κ3) is 3.99. The molecule has 0 spiro atoms. The number of carbonyl (C=O) groups excluding carboxylic acids is 2. The minimum Gasteiger partial charge on any atom is -0.334 e. The Morgan fingerprint density at radius 2 is 1.97 bits per heavy atom. The summed E-state index contributed by atoms with van der Waals surface area (Å²) in [5, 5.41) is 6.88. The van der Waals surface area contributed by atoms with E-state index < -0.39 is 24.5 Å². The van der Waals surface area contributed by atoms with Crippen LogP contribution in [0.15, 0.2) is 30.3 Å². The molecule has 2 aliphatic heterocycles. The van der Waals surface area contributed by atoms with Crippen molar-refractivity contribution >= 4 is 17.5 Å². The van der Waals surface area contributed by atoms with Gasteiger partial charge in [-0.25, -0.2) is 0 Å². The predicted octanol–water partition coefficient (Wildman–Crippen LogP) is 3.62. The lowest BCUT2D eigenvalue weighted by Crippen LogP contribution is -2.40. The number of H-pyrrole nitrogens is 1. The van der Waals surface area contributed by atoms with Crippen molar-refractivity contribution in [3.8, 4) is 0 Å². The molecule has 0 saturated carbocycles. The molecule has 0 aliphatic carbocycles. The van der Waals surface area contributed by atoms with Gasteiger partial charge in [-0.2, -0.15) is 18.3 Å². The van der Waals surface area contributed by atoms with E-state index in [9.17, 15) is 22.8 Å². The number of carbonyl (C=O) groups is 2. The van der Waals surface area contributed by atoms with Crippen LogP contribution < -0.4 is 4.90 Å². The summed E-state index contributed by atoms with van der Waals surface area (Å²) in [6.45, 7) is 0.821. The van der Waals surface area contributed by atoms with Crippen LogP contribution in [-0.2, 0) is 11.2 Å². The zero-order valence-electron chi connectivity index (χ0n) is 15.7. The topological polar surface area (TPSA) is 69.3 Å². The fourth-order valence-electron chi connectivity index (χ4n) is 4.13. The molecular weight excluding hydrogens is 385 g/mol. The maximum absolute atomic E-state index is 12.9. The Kier molecular flexibility index (Phi) is 5.06. The Morgan fingerprint density at radius 1 is 1.17 bits per heavy atom. The monoisotopic (exact) mass is 406 g/mol. The number of fused-ring (bicyclic) bond motifs is 1. The normalized spacial score (nSPS) is 19.3. The van der Waals surface area contributed by atoms with Crippen molar-refractivity contribution in [3.63, 3.8) is 0 Å². The van der Waals surface area contributed by atoms with Crippen LogP contribution in [0, 0.1) is 0 Å². The number of para-hydroxylation sites is 1. The average molecular weight is 406 g/mol. The number of hydrogen-bond donors (Lipinski definition) is 1. The van der Waals surface area contributed by atoms with Crippen molar-refractivity contribution in [2.75, 3.05) is 18.0 Å². The Balaban J connectivity index is 1.53. The van der Waals surface area contributed by atoms with Gasteiger partial charge < -0.3 is 9.80 Å². The molecule has 9 heteroatoms. The van der Waals surface area contributed by atoms with E-state index in [1.54, 1.807) is 11.0 Å². The highest BCUT2D eigenvalue weighted by molar-refractivity contribution is 6.06. The molecule has 0 radical (unpaired) electrons. The van der Waals surface area contributed by atoms with Crippen molar-refractivity contribution in [2.45, 2.75) is 44.3 Å². The Labute approximate surface area is 165 Å². The molecule has 1 fully saturated rings. The molecule has 1 N–H and O–H groups in total. The van der Waals surface area contributed by atoms with Gasteiger partial charge in [-0.15, -0.1) is 0 Å². The molecule has 1 atom stereocenters. The number of benzene rings is 1. The number of nitrogens with one attached hydrogen (secondary N) is 1. The number of rotatable bonds is 3. The van der Waals surface area contributed by atoms with Gasteiger partial charge >= 0.3 is 6.18 Å². The van der Waals surface area contributed by atoms with Crippen LogP contribution in [0.3, 0.4) is 0 Å². The number of halogens is 3. The van der Waals surface area contributed by atoms with E-state index in [-0.39, 0.29) is 18.1 Å². The number of likely N-dealkylation sites (tertiary alicyclic amines) is 1. The van der Waals surface area contributed by atoms with Crippen LogP contribution in [-0.4, -0.2) is 46.2 Å². The van der Waals surface area contributed by atoms with Gasteiger partial charge in [0.1, 0.15) is 6.42 Å². The molecule has 3 heterocycles. The van der Waals surface area contributed by atoms with Gasteiger partial charge in [-0.05, 0) is 43.4 Å². The molecule has 2 aliphatic rings. The molecule has 2 aromatic rings. The van der Waals surface area contributed by atoms with Crippen molar-refractivity contribution in [2.24, 2.45) is 0 Å². The van der Waals surface area contributed by atoms with E-state index >= 15 is 0 Å². The number of hydrogen-bond acceptors (Lipinski definition) is 3. The van der Waals surface area contributed by atoms with Crippen molar-refractivity contribution in [1.82, 2.24) is 15.1 Å². The van der Waals surface area contributed by atoms with Gasteiger partial charge in [0.2, 0.25) is 5.91 Å².